The fourth-order valence-electron chi connectivity index (χ4n) is 1.52. The number of hydrogen-bond acceptors (Lipinski definition) is 3. The maximum atomic E-state index is 6.09. The first-order chi connectivity index (χ1) is 8.16. The third-order valence-corrected chi connectivity index (χ3v) is 3.96. The summed E-state index contributed by atoms with van der Waals surface area (Å²) in [4.78, 5) is 5.31. The lowest BCUT2D eigenvalue weighted by Gasteiger charge is -2.05. The van der Waals surface area contributed by atoms with Crippen LogP contribution in [-0.4, -0.2) is 15.3 Å². The van der Waals surface area contributed by atoms with Crippen LogP contribution >= 0.6 is 23.4 Å². The van der Waals surface area contributed by atoms with Crippen LogP contribution in [0.2, 0.25) is 5.02 Å². The molecule has 5 heteroatoms. The highest BCUT2D eigenvalue weighted by Crippen LogP contribution is 2.29. The largest absolute Gasteiger partial charge is 0.399 e. The van der Waals surface area contributed by atoms with Crippen molar-refractivity contribution in [2.75, 3.05) is 11.5 Å². The summed E-state index contributed by atoms with van der Waals surface area (Å²) in [5.74, 6) is 2.02. The van der Waals surface area contributed by atoms with E-state index in [0.29, 0.717) is 0 Å². The number of aromatic nitrogens is 2. The number of nitrogen functional groups attached to an aromatic ring is 1. The van der Waals surface area contributed by atoms with Gasteiger partial charge in [0.15, 0.2) is 0 Å². The number of thioether (sulfide) groups is 1. The number of imidazole rings is 1. The molecular formula is C12H14ClN3S. The topological polar surface area (TPSA) is 43.8 Å². The van der Waals surface area contributed by atoms with Crippen LogP contribution in [0.5, 0.6) is 0 Å². The summed E-state index contributed by atoms with van der Waals surface area (Å²) in [6.45, 7) is 0. The molecule has 2 rings (SSSR count). The SMILES string of the molecule is Cn1ccnc1CCSc1cc(N)ccc1Cl. The Labute approximate surface area is 110 Å². The van der Waals surface area contributed by atoms with E-state index in [1.807, 2.05) is 42.2 Å². The van der Waals surface area contributed by atoms with E-state index in [4.69, 9.17) is 17.3 Å². The Morgan fingerprint density at radius 2 is 2.29 bits per heavy atom. The van der Waals surface area contributed by atoms with Gasteiger partial charge in [0.2, 0.25) is 0 Å². The zero-order chi connectivity index (χ0) is 12.3. The van der Waals surface area contributed by atoms with Gasteiger partial charge in [-0.2, -0.15) is 0 Å². The lowest BCUT2D eigenvalue weighted by atomic mass is 10.3. The van der Waals surface area contributed by atoms with E-state index in [9.17, 15) is 0 Å². The van der Waals surface area contributed by atoms with Gasteiger partial charge in [0.05, 0.1) is 5.02 Å². The molecule has 0 aliphatic carbocycles. The average molecular weight is 268 g/mol. The minimum absolute atomic E-state index is 0.744. The monoisotopic (exact) mass is 267 g/mol. The molecule has 0 atom stereocenters. The Kier molecular flexibility index (Phi) is 3.97. The number of nitrogens with zero attached hydrogens (tertiary/aromatic N) is 2. The minimum Gasteiger partial charge on any atom is -0.399 e. The van der Waals surface area contributed by atoms with Crippen LogP contribution in [-0.2, 0) is 13.5 Å². The molecule has 0 radical (unpaired) electrons. The third-order valence-electron chi connectivity index (χ3n) is 2.46. The summed E-state index contributed by atoms with van der Waals surface area (Å²) in [5, 5.41) is 0.754. The van der Waals surface area contributed by atoms with Crippen molar-refractivity contribution in [1.82, 2.24) is 9.55 Å². The zero-order valence-electron chi connectivity index (χ0n) is 9.56. The van der Waals surface area contributed by atoms with E-state index in [0.717, 1.165) is 33.6 Å². The van der Waals surface area contributed by atoms with E-state index in [1.54, 1.807) is 11.8 Å². The number of hydrogen-bond donors (Lipinski definition) is 1. The Bertz CT molecular complexity index is 510. The molecule has 1 heterocycles. The molecule has 0 amide bonds. The molecule has 0 bridgehead atoms. The molecule has 1 aromatic heterocycles. The van der Waals surface area contributed by atoms with Crippen LogP contribution < -0.4 is 5.73 Å². The molecule has 0 unspecified atom stereocenters. The third kappa shape index (κ3) is 3.17. The summed E-state index contributed by atoms with van der Waals surface area (Å²) in [7, 11) is 2.00. The van der Waals surface area contributed by atoms with Crippen LogP contribution in [0.1, 0.15) is 5.82 Å². The first-order valence-electron chi connectivity index (χ1n) is 5.31. The normalized spacial score (nSPS) is 10.7. The van der Waals surface area contributed by atoms with Crippen LogP contribution in [0, 0.1) is 0 Å². The number of aryl methyl sites for hydroxylation is 2. The van der Waals surface area contributed by atoms with Crippen molar-refractivity contribution in [3.8, 4) is 0 Å². The summed E-state index contributed by atoms with van der Waals surface area (Å²) >= 11 is 7.79. The molecule has 1 aromatic carbocycles. The van der Waals surface area contributed by atoms with E-state index < -0.39 is 0 Å². The van der Waals surface area contributed by atoms with Gasteiger partial charge in [-0.3, -0.25) is 0 Å². The standard InChI is InChI=1S/C12H14ClN3S/c1-16-6-5-15-12(16)4-7-17-11-8-9(14)2-3-10(11)13/h2-3,5-6,8H,4,7,14H2,1H3. The second-order valence-electron chi connectivity index (χ2n) is 3.74. The number of benzene rings is 1. The van der Waals surface area contributed by atoms with Crippen molar-refractivity contribution in [2.45, 2.75) is 11.3 Å². The van der Waals surface area contributed by atoms with E-state index in [-0.39, 0.29) is 0 Å². The summed E-state index contributed by atoms with van der Waals surface area (Å²) in [6.07, 6.45) is 4.68. The Hall–Kier alpha value is -1.13. The highest BCUT2D eigenvalue weighted by atomic mass is 35.5. The Morgan fingerprint density at radius 1 is 1.47 bits per heavy atom. The number of rotatable bonds is 4. The predicted molar refractivity (Wildman–Crippen MR) is 73.5 cm³/mol. The number of anilines is 1. The molecule has 2 N–H and O–H groups in total. The van der Waals surface area contributed by atoms with Crippen molar-refractivity contribution >= 4 is 29.1 Å². The van der Waals surface area contributed by atoms with Crippen LogP contribution in [0.25, 0.3) is 0 Å². The minimum atomic E-state index is 0.744. The van der Waals surface area contributed by atoms with Crippen molar-refractivity contribution in [3.63, 3.8) is 0 Å². The first-order valence-corrected chi connectivity index (χ1v) is 6.67. The number of nitrogens with two attached hydrogens (primary N) is 1. The molecule has 17 heavy (non-hydrogen) atoms. The summed E-state index contributed by atoms with van der Waals surface area (Å²) in [6, 6.07) is 5.55. The maximum Gasteiger partial charge on any atom is 0.109 e. The highest BCUT2D eigenvalue weighted by Gasteiger charge is 2.03. The second kappa shape index (κ2) is 5.47. The second-order valence-corrected chi connectivity index (χ2v) is 5.29. The van der Waals surface area contributed by atoms with Gasteiger partial charge < -0.3 is 10.3 Å². The lowest BCUT2D eigenvalue weighted by molar-refractivity contribution is 0.811. The molecule has 0 fully saturated rings. The van der Waals surface area contributed by atoms with Gasteiger partial charge in [-0.25, -0.2) is 4.98 Å². The molecular weight excluding hydrogens is 254 g/mol. The zero-order valence-corrected chi connectivity index (χ0v) is 11.1. The molecule has 0 spiro atoms. The molecule has 0 aliphatic heterocycles. The van der Waals surface area contributed by atoms with Crippen LogP contribution in [0.15, 0.2) is 35.5 Å². The van der Waals surface area contributed by atoms with Crippen molar-refractivity contribution < 1.29 is 0 Å². The molecule has 0 saturated carbocycles. The van der Waals surface area contributed by atoms with Gasteiger partial charge >= 0.3 is 0 Å². The van der Waals surface area contributed by atoms with Gasteiger partial charge in [-0.05, 0) is 18.2 Å². The van der Waals surface area contributed by atoms with Crippen molar-refractivity contribution in [1.29, 1.82) is 0 Å². The van der Waals surface area contributed by atoms with Gasteiger partial charge in [0, 0.05) is 42.2 Å². The van der Waals surface area contributed by atoms with Crippen molar-refractivity contribution in [2.24, 2.45) is 7.05 Å². The molecule has 2 aromatic rings. The van der Waals surface area contributed by atoms with Crippen LogP contribution in [0.3, 0.4) is 0 Å². The van der Waals surface area contributed by atoms with Crippen molar-refractivity contribution in [3.05, 3.63) is 41.4 Å². The fourth-order valence-corrected chi connectivity index (χ4v) is 2.73. The summed E-state index contributed by atoms with van der Waals surface area (Å²) < 4.78 is 2.03. The van der Waals surface area contributed by atoms with Crippen LogP contribution in [0.4, 0.5) is 5.69 Å². The Morgan fingerprint density at radius 3 is 3.00 bits per heavy atom. The van der Waals surface area contributed by atoms with E-state index >= 15 is 0 Å². The number of halogens is 1. The molecule has 0 aliphatic rings. The average Bonchev–Trinajstić information content (AvgIpc) is 2.70. The fraction of sp³-hybridized carbons (Fsp3) is 0.250. The lowest BCUT2D eigenvalue weighted by Crippen LogP contribution is -1.99. The first kappa shape index (κ1) is 12.3. The molecule has 3 nitrogen and oxygen atoms in total. The van der Waals surface area contributed by atoms with E-state index in [1.165, 1.54) is 0 Å². The van der Waals surface area contributed by atoms with E-state index in [2.05, 4.69) is 4.98 Å². The smallest absolute Gasteiger partial charge is 0.109 e. The molecule has 90 valence electrons. The van der Waals surface area contributed by atoms with Gasteiger partial charge in [0.1, 0.15) is 5.82 Å². The van der Waals surface area contributed by atoms with Gasteiger partial charge in [0.25, 0.3) is 0 Å². The summed E-state index contributed by atoms with van der Waals surface area (Å²) in [5.41, 5.74) is 6.47. The maximum absolute atomic E-state index is 6.09. The Balaban J connectivity index is 1.94. The quantitative estimate of drug-likeness (QED) is 0.684. The van der Waals surface area contributed by atoms with Gasteiger partial charge in [-0.1, -0.05) is 11.6 Å². The van der Waals surface area contributed by atoms with Gasteiger partial charge in [-0.15, -0.1) is 11.8 Å². The predicted octanol–water partition coefficient (Wildman–Crippen LogP) is 2.99. The molecule has 0 saturated heterocycles. The highest BCUT2D eigenvalue weighted by molar-refractivity contribution is 7.99.